The Balaban J connectivity index is 1.73. The summed E-state index contributed by atoms with van der Waals surface area (Å²) in [5.74, 6) is 1.63. The maximum atomic E-state index is 9.09. The molecule has 0 saturated carbocycles. The molecule has 0 bridgehead atoms. The van der Waals surface area contributed by atoms with Crippen LogP contribution >= 0.6 is 0 Å². The van der Waals surface area contributed by atoms with Gasteiger partial charge in [0.05, 0.1) is 13.2 Å². The molecule has 5 nitrogen and oxygen atoms in total. The maximum Gasteiger partial charge on any atom is 0.136 e. The van der Waals surface area contributed by atoms with E-state index in [2.05, 4.69) is 24.3 Å². The molecule has 4 aromatic carbocycles. The van der Waals surface area contributed by atoms with Crippen LogP contribution < -0.4 is 9.47 Å². The Bertz CT molecular complexity index is 1300. The van der Waals surface area contributed by atoms with E-state index in [0.29, 0.717) is 13.2 Å². The predicted molar refractivity (Wildman–Crippen MR) is 132 cm³/mol. The zero-order valence-electron chi connectivity index (χ0n) is 18.5. The Morgan fingerprint density at radius 1 is 0.545 bits per heavy atom. The van der Waals surface area contributed by atoms with Crippen molar-refractivity contribution in [3.8, 4) is 11.5 Å². The molecule has 0 fully saturated rings. The van der Waals surface area contributed by atoms with Crippen molar-refractivity contribution >= 4 is 43.5 Å². The summed E-state index contributed by atoms with van der Waals surface area (Å²) >= 11 is 0. The Kier molecular flexibility index (Phi) is 6.33. The van der Waals surface area contributed by atoms with Crippen LogP contribution in [-0.4, -0.2) is 36.6 Å². The van der Waals surface area contributed by atoms with Crippen LogP contribution in [0.15, 0.2) is 65.1 Å². The Morgan fingerprint density at radius 2 is 1.03 bits per heavy atom. The van der Waals surface area contributed by atoms with Gasteiger partial charge in [-0.15, -0.1) is 0 Å². The van der Waals surface area contributed by atoms with E-state index in [-0.39, 0.29) is 13.2 Å². The molecule has 5 heteroatoms. The molecule has 0 saturated heterocycles. The summed E-state index contributed by atoms with van der Waals surface area (Å²) < 4.78 is 18.6. The monoisotopic (exact) mass is 444 g/mol. The molecule has 5 aromatic rings. The van der Waals surface area contributed by atoms with Crippen molar-refractivity contribution in [3.05, 3.63) is 60.7 Å². The summed E-state index contributed by atoms with van der Waals surface area (Å²) in [5, 5.41) is 24.5. The van der Waals surface area contributed by atoms with E-state index >= 15 is 0 Å². The van der Waals surface area contributed by atoms with Crippen LogP contribution in [0.5, 0.6) is 11.5 Å². The van der Waals surface area contributed by atoms with E-state index < -0.39 is 0 Å². The van der Waals surface area contributed by atoms with Crippen LogP contribution in [0.3, 0.4) is 0 Å². The highest BCUT2D eigenvalue weighted by Crippen LogP contribution is 2.44. The van der Waals surface area contributed by atoms with Crippen molar-refractivity contribution in [1.82, 2.24) is 0 Å². The number of benzene rings is 4. The third kappa shape index (κ3) is 4.10. The smallest absolute Gasteiger partial charge is 0.136 e. The molecule has 2 N–H and O–H groups in total. The lowest BCUT2D eigenvalue weighted by Gasteiger charge is -2.12. The molecule has 1 aromatic heterocycles. The lowest BCUT2D eigenvalue weighted by atomic mass is 9.98. The summed E-state index contributed by atoms with van der Waals surface area (Å²) in [4.78, 5) is 0. The van der Waals surface area contributed by atoms with Gasteiger partial charge in [0.15, 0.2) is 0 Å². The Labute approximate surface area is 192 Å². The largest absolute Gasteiger partial charge is 0.493 e. The molecule has 0 amide bonds. The van der Waals surface area contributed by atoms with E-state index in [1.54, 1.807) is 0 Å². The van der Waals surface area contributed by atoms with E-state index in [4.69, 9.17) is 24.1 Å². The van der Waals surface area contributed by atoms with Gasteiger partial charge in [0, 0.05) is 34.8 Å². The molecule has 1 heterocycles. The van der Waals surface area contributed by atoms with Crippen molar-refractivity contribution in [3.63, 3.8) is 0 Å². The quantitative estimate of drug-likeness (QED) is 0.251. The molecule has 170 valence electrons. The molecule has 0 aliphatic carbocycles. The number of unbranched alkanes of at least 4 members (excludes halogenated alkanes) is 2. The van der Waals surface area contributed by atoms with E-state index in [1.165, 1.54) is 0 Å². The molecule has 33 heavy (non-hydrogen) atoms. The van der Waals surface area contributed by atoms with Gasteiger partial charge in [-0.3, -0.25) is 0 Å². The average molecular weight is 445 g/mol. The summed E-state index contributed by atoms with van der Waals surface area (Å²) in [6.45, 7) is 1.43. The second-order valence-electron chi connectivity index (χ2n) is 8.25. The summed E-state index contributed by atoms with van der Waals surface area (Å²) in [5.41, 5.74) is 1.62. The zero-order chi connectivity index (χ0) is 22.6. The van der Waals surface area contributed by atoms with Gasteiger partial charge < -0.3 is 24.1 Å². The van der Waals surface area contributed by atoms with Gasteiger partial charge in [-0.25, -0.2) is 0 Å². The second kappa shape index (κ2) is 9.69. The van der Waals surface area contributed by atoms with Crippen LogP contribution in [0, 0.1) is 0 Å². The minimum absolute atomic E-state index is 0.169. The van der Waals surface area contributed by atoms with E-state index in [0.717, 1.165) is 80.7 Å². The molecule has 5 rings (SSSR count). The standard InChI is InChI=1S/C28H28O5/c29-15-1-3-17-31-21-9-5-7-19-11-13-23-27(25(19)21)28-24(33-23)14-12-20-8-6-10-22(26(20)28)32-18-4-2-16-30/h5-14,29-30H,1-4,15-18H2. The first-order chi connectivity index (χ1) is 16.3. The third-order valence-corrected chi connectivity index (χ3v) is 6.03. The van der Waals surface area contributed by atoms with Gasteiger partial charge in [0.25, 0.3) is 0 Å². The number of rotatable bonds is 10. The van der Waals surface area contributed by atoms with Gasteiger partial charge in [-0.2, -0.15) is 0 Å². The first-order valence-electron chi connectivity index (χ1n) is 11.6. The highest BCUT2D eigenvalue weighted by molar-refractivity contribution is 6.28. The Hall–Kier alpha value is -3.28. The van der Waals surface area contributed by atoms with Gasteiger partial charge >= 0.3 is 0 Å². The summed E-state index contributed by atoms with van der Waals surface area (Å²) in [7, 11) is 0. The van der Waals surface area contributed by atoms with Crippen LogP contribution in [0.1, 0.15) is 25.7 Å². The zero-order valence-corrected chi connectivity index (χ0v) is 18.5. The van der Waals surface area contributed by atoms with Crippen molar-refractivity contribution in [1.29, 1.82) is 0 Å². The second-order valence-corrected chi connectivity index (χ2v) is 8.25. The molecule has 0 unspecified atom stereocenters. The van der Waals surface area contributed by atoms with E-state index in [1.807, 2.05) is 36.4 Å². The molecule has 0 aliphatic rings. The Morgan fingerprint density at radius 3 is 1.48 bits per heavy atom. The van der Waals surface area contributed by atoms with Crippen molar-refractivity contribution in [2.45, 2.75) is 25.7 Å². The topological polar surface area (TPSA) is 72.1 Å². The highest BCUT2D eigenvalue weighted by atomic mass is 16.5. The lowest BCUT2D eigenvalue weighted by Crippen LogP contribution is -1.99. The van der Waals surface area contributed by atoms with E-state index in [9.17, 15) is 0 Å². The van der Waals surface area contributed by atoms with Crippen LogP contribution in [-0.2, 0) is 0 Å². The number of ether oxygens (including phenoxy) is 2. The lowest BCUT2D eigenvalue weighted by molar-refractivity contribution is 0.254. The predicted octanol–water partition coefficient (Wildman–Crippen LogP) is 6.20. The van der Waals surface area contributed by atoms with Gasteiger partial charge in [-0.05, 0) is 60.7 Å². The number of aliphatic hydroxyl groups excluding tert-OH is 2. The van der Waals surface area contributed by atoms with Gasteiger partial charge in [-0.1, -0.05) is 36.4 Å². The van der Waals surface area contributed by atoms with Crippen molar-refractivity contribution in [2.24, 2.45) is 0 Å². The molecule has 0 radical (unpaired) electrons. The number of fused-ring (bicyclic) bond motifs is 7. The highest BCUT2D eigenvalue weighted by Gasteiger charge is 2.18. The summed E-state index contributed by atoms with van der Waals surface area (Å²) in [6.07, 6.45) is 3.03. The van der Waals surface area contributed by atoms with Crippen LogP contribution in [0.25, 0.3) is 43.5 Å². The maximum absolute atomic E-state index is 9.09. The minimum Gasteiger partial charge on any atom is -0.493 e. The molecule has 0 spiro atoms. The van der Waals surface area contributed by atoms with Crippen LogP contribution in [0.4, 0.5) is 0 Å². The van der Waals surface area contributed by atoms with Crippen molar-refractivity contribution < 1.29 is 24.1 Å². The molecule has 0 atom stereocenters. The molecular formula is C28H28O5. The molecule has 0 aliphatic heterocycles. The fourth-order valence-electron chi connectivity index (χ4n) is 4.47. The number of hydrogen-bond acceptors (Lipinski definition) is 5. The fraction of sp³-hybridized carbons (Fsp3) is 0.286. The van der Waals surface area contributed by atoms with Crippen LogP contribution in [0.2, 0.25) is 0 Å². The molecular weight excluding hydrogens is 416 g/mol. The average Bonchev–Trinajstić information content (AvgIpc) is 3.23. The number of aliphatic hydroxyl groups is 2. The minimum atomic E-state index is 0.169. The normalized spacial score (nSPS) is 11.7. The fourth-order valence-corrected chi connectivity index (χ4v) is 4.47. The number of hydrogen-bond donors (Lipinski definition) is 2. The van der Waals surface area contributed by atoms with Crippen molar-refractivity contribution in [2.75, 3.05) is 26.4 Å². The first kappa shape index (κ1) is 21.6. The third-order valence-electron chi connectivity index (χ3n) is 6.03. The number of furan rings is 1. The first-order valence-corrected chi connectivity index (χ1v) is 11.6. The SMILES string of the molecule is OCCCCOc1cccc2ccc3oc4ccc5cccc(OCCCCO)c5c4c3c12. The van der Waals surface area contributed by atoms with Gasteiger partial charge in [0.2, 0.25) is 0 Å². The van der Waals surface area contributed by atoms with Gasteiger partial charge in [0.1, 0.15) is 22.7 Å². The summed E-state index contributed by atoms with van der Waals surface area (Å²) in [6, 6.07) is 20.3.